The zero-order valence-electron chi connectivity index (χ0n) is 19.1. The van der Waals surface area contributed by atoms with E-state index in [4.69, 9.17) is 4.74 Å². The van der Waals surface area contributed by atoms with Crippen LogP contribution in [0.1, 0.15) is 18.0 Å². The van der Waals surface area contributed by atoms with Crippen molar-refractivity contribution in [1.82, 2.24) is 20.4 Å². The third kappa shape index (κ3) is 6.83. The van der Waals surface area contributed by atoms with Gasteiger partial charge in [-0.15, -0.1) is 11.8 Å². The molecule has 1 unspecified atom stereocenters. The molecule has 0 saturated carbocycles. The van der Waals surface area contributed by atoms with Gasteiger partial charge in [-0.25, -0.2) is 4.79 Å². The van der Waals surface area contributed by atoms with Crippen molar-refractivity contribution in [3.8, 4) is 11.1 Å². The number of aromatic nitrogens is 2. The van der Waals surface area contributed by atoms with Gasteiger partial charge < -0.3 is 20.5 Å². The van der Waals surface area contributed by atoms with Crippen molar-refractivity contribution in [1.29, 1.82) is 0 Å². The Bertz CT molecular complexity index is 1030. The number of thioether (sulfide) groups is 1. The molecule has 0 spiro atoms. The molecule has 1 aliphatic heterocycles. The summed E-state index contributed by atoms with van der Waals surface area (Å²) in [6.07, 6.45) is 4.09. The number of aromatic amines is 1. The van der Waals surface area contributed by atoms with Crippen molar-refractivity contribution in [2.45, 2.75) is 17.4 Å². The third-order valence-corrected chi connectivity index (χ3v) is 6.79. The predicted octanol–water partition coefficient (Wildman–Crippen LogP) is 3.75. The van der Waals surface area contributed by atoms with Crippen LogP contribution in [0.15, 0.2) is 65.8 Å². The molecule has 0 radical (unpaired) electrons. The molecule has 4 N–H and O–H groups in total. The van der Waals surface area contributed by atoms with Gasteiger partial charge in [0, 0.05) is 48.6 Å². The van der Waals surface area contributed by atoms with Gasteiger partial charge in [0.25, 0.3) is 0 Å². The van der Waals surface area contributed by atoms with E-state index in [1.807, 2.05) is 48.7 Å². The first-order valence-corrected chi connectivity index (χ1v) is 12.5. The molecule has 2 amide bonds. The molecule has 1 fully saturated rings. The summed E-state index contributed by atoms with van der Waals surface area (Å²) in [6, 6.07) is 15.1. The number of morpholine rings is 1. The molecule has 1 aromatic heterocycles. The van der Waals surface area contributed by atoms with Crippen LogP contribution in [0.25, 0.3) is 11.1 Å². The summed E-state index contributed by atoms with van der Waals surface area (Å²) in [4.78, 5) is 16.3. The first-order chi connectivity index (χ1) is 16.7. The topological polar surface area (TPSA) is 103 Å². The minimum absolute atomic E-state index is 0.0120. The summed E-state index contributed by atoms with van der Waals surface area (Å²) in [5.74, 6) is 0.905. The van der Waals surface area contributed by atoms with Gasteiger partial charge in [0.1, 0.15) is 0 Å². The van der Waals surface area contributed by atoms with Crippen molar-refractivity contribution in [3.05, 3.63) is 66.5 Å². The van der Waals surface area contributed by atoms with Crippen LogP contribution in [-0.4, -0.2) is 71.4 Å². The normalized spacial score (nSPS) is 15.1. The van der Waals surface area contributed by atoms with E-state index in [9.17, 15) is 9.90 Å². The van der Waals surface area contributed by atoms with Crippen LogP contribution < -0.4 is 10.6 Å². The van der Waals surface area contributed by atoms with Crippen molar-refractivity contribution in [3.63, 3.8) is 0 Å². The summed E-state index contributed by atoms with van der Waals surface area (Å²) in [6.45, 7) is 4.42. The molecular weight excluding hydrogens is 450 g/mol. The predicted molar refractivity (Wildman–Crippen MR) is 135 cm³/mol. The highest BCUT2D eigenvalue weighted by Crippen LogP contribution is 2.32. The maximum absolute atomic E-state index is 12.9. The van der Waals surface area contributed by atoms with Gasteiger partial charge in [-0.1, -0.05) is 36.4 Å². The molecule has 2 aromatic carbocycles. The van der Waals surface area contributed by atoms with Gasteiger partial charge >= 0.3 is 6.03 Å². The van der Waals surface area contributed by atoms with Crippen molar-refractivity contribution < 1.29 is 14.6 Å². The van der Waals surface area contributed by atoms with Crippen molar-refractivity contribution in [2.24, 2.45) is 0 Å². The number of H-pyrrole nitrogens is 1. The highest BCUT2D eigenvalue weighted by atomic mass is 32.2. The van der Waals surface area contributed by atoms with Crippen LogP contribution in [0, 0.1) is 0 Å². The zero-order valence-corrected chi connectivity index (χ0v) is 19.9. The van der Waals surface area contributed by atoms with E-state index >= 15 is 0 Å². The smallest absolute Gasteiger partial charge is 0.319 e. The molecule has 8 nitrogen and oxygen atoms in total. The number of nitrogens with zero attached hydrogens (tertiary/aromatic N) is 2. The number of carbonyl (C=O) groups is 1. The Kier molecular flexibility index (Phi) is 8.97. The fourth-order valence-corrected chi connectivity index (χ4v) is 4.95. The molecule has 9 heteroatoms. The Balaban J connectivity index is 1.45. The van der Waals surface area contributed by atoms with Gasteiger partial charge in [0.2, 0.25) is 0 Å². The first kappa shape index (κ1) is 24.3. The molecule has 4 rings (SSSR count). The number of anilines is 1. The lowest BCUT2D eigenvalue weighted by Crippen LogP contribution is -2.37. The number of aliphatic hydroxyl groups is 1. The number of hydrogen-bond acceptors (Lipinski definition) is 6. The maximum Gasteiger partial charge on any atom is 0.319 e. The van der Waals surface area contributed by atoms with Crippen LogP contribution in [0.5, 0.6) is 0 Å². The van der Waals surface area contributed by atoms with Crippen LogP contribution in [0.4, 0.5) is 10.5 Å². The zero-order chi connectivity index (χ0) is 23.6. The molecule has 1 aliphatic rings. The fraction of sp³-hybridized carbons (Fsp3) is 0.360. The summed E-state index contributed by atoms with van der Waals surface area (Å²) in [5, 5.41) is 22.4. The minimum Gasteiger partial charge on any atom is -0.396 e. The van der Waals surface area contributed by atoms with E-state index in [2.05, 4.69) is 31.8 Å². The number of ether oxygens (including phenoxy) is 1. The lowest BCUT2D eigenvalue weighted by Gasteiger charge is -2.26. The van der Waals surface area contributed by atoms with E-state index in [0.717, 1.165) is 65.9 Å². The Hall–Kier alpha value is -2.85. The highest BCUT2D eigenvalue weighted by molar-refractivity contribution is 7.99. The van der Waals surface area contributed by atoms with Crippen LogP contribution in [-0.2, 0) is 4.74 Å². The first-order valence-electron chi connectivity index (χ1n) is 11.5. The number of aliphatic hydroxyl groups excluding tert-OH is 1. The summed E-state index contributed by atoms with van der Waals surface area (Å²) < 4.78 is 5.44. The quantitative estimate of drug-likeness (QED) is 0.329. The minimum atomic E-state index is -0.298. The molecule has 2 heterocycles. The van der Waals surface area contributed by atoms with Gasteiger partial charge in [0.15, 0.2) is 0 Å². The van der Waals surface area contributed by atoms with Gasteiger partial charge in [-0.3, -0.25) is 10.00 Å². The van der Waals surface area contributed by atoms with Crippen LogP contribution >= 0.6 is 11.8 Å². The van der Waals surface area contributed by atoms with Gasteiger partial charge in [0.05, 0.1) is 31.1 Å². The maximum atomic E-state index is 12.9. The average Bonchev–Trinajstić information content (AvgIpc) is 3.41. The fourth-order valence-electron chi connectivity index (χ4n) is 3.90. The monoisotopic (exact) mass is 481 g/mol. The van der Waals surface area contributed by atoms with Crippen molar-refractivity contribution >= 4 is 23.5 Å². The Morgan fingerprint density at radius 3 is 2.74 bits per heavy atom. The molecule has 180 valence electrons. The molecular formula is C25H31N5O3S. The Morgan fingerprint density at radius 2 is 2.00 bits per heavy atom. The number of rotatable bonds is 10. The third-order valence-electron chi connectivity index (χ3n) is 5.76. The number of urea groups is 1. The SMILES string of the molecule is O=C(Nc1ccc(-c2cn[nH]c2)cc1SCCN1CCOCC1)NC(CCO)c1ccccc1. The molecule has 0 aliphatic carbocycles. The average molecular weight is 482 g/mol. The number of benzene rings is 2. The molecule has 1 saturated heterocycles. The molecule has 34 heavy (non-hydrogen) atoms. The van der Waals surface area contributed by atoms with Crippen molar-refractivity contribution in [2.75, 3.05) is 50.5 Å². The Morgan fingerprint density at radius 1 is 1.18 bits per heavy atom. The second-order valence-corrected chi connectivity index (χ2v) is 9.21. The van der Waals surface area contributed by atoms with E-state index in [-0.39, 0.29) is 18.7 Å². The summed E-state index contributed by atoms with van der Waals surface area (Å²) in [7, 11) is 0. The second kappa shape index (κ2) is 12.6. The largest absolute Gasteiger partial charge is 0.396 e. The number of amides is 2. The van der Waals surface area contributed by atoms with E-state index in [0.29, 0.717) is 6.42 Å². The lowest BCUT2D eigenvalue weighted by atomic mass is 10.0. The summed E-state index contributed by atoms with van der Waals surface area (Å²) in [5.41, 5.74) is 3.75. The second-order valence-electron chi connectivity index (χ2n) is 8.07. The lowest BCUT2D eigenvalue weighted by molar-refractivity contribution is 0.0410. The van der Waals surface area contributed by atoms with Crippen LogP contribution in [0.2, 0.25) is 0 Å². The van der Waals surface area contributed by atoms with Crippen LogP contribution in [0.3, 0.4) is 0 Å². The molecule has 1 atom stereocenters. The summed E-state index contributed by atoms with van der Waals surface area (Å²) >= 11 is 1.72. The highest BCUT2D eigenvalue weighted by Gasteiger charge is 2.16. The van der Waals surface area contributed by atoms with E-state index in [1.54, 1.807) is 18.0 Å². The van der Waals surface area contributed by atoms with Gasteiger partial charge in [-0.05, 0) is 29.7 Å². The van der Waals surface area contributed by atoms with E-state index < -0.39 is 0 Å². The molecule has 3 aromatic rings. The number of hydrogen-bond donors (Lipinski definition) is 4. The Labute approximate surface area is 204 Å². The number of nitrogens with one attached hydrogen (secondary N) is 3. The molecule has 0 bridgehead atoms. The van der Waals surface area contributed by atoms with E-state index in [1.165, 1.54) is 0 Å². The standard InChI is InChI=1S/C25H31N5O3S/c31-12-8-22(19-4-2-1-3-5-19)28-25(32)29-23-7-6-20(21-17-26-27-18-21)16-24(23)34-15-11-30-9-13-33-14-10-30/h1-7,16-18,22,31H,8-15H2,(H,26,27)(H2,28,29,32). The number of carbonyl (C=O) groups excluding carboxylic acids is 1. The van der Waals surface area contributed by atoms with Gasteiger partial charge in [-0.2, -0.15) is 5.10 Å².